The van der Waals surface area contributed by atoms with Gasteiger partial charge in [-0.3, -0.25) is 14.8 Å². The van der Waals surface area contributed by atoms with E-state index in [0.717, 1.165) is 25.6 Å². The SMILES string of the molecule is CCC1(C)CCN(C(=NC)NCC2CN3CCN2CC3)C1. The summed E-state index contributed by atoms with van der Waals surface area (Å²) in [5.74, 6) is 1.10. The van der Waals surface area contributed by atoms with Gasteiger partial charge >= 0.3 is 0 Å². The highest BCUT2D eigenvalue weighted by Crippen LogP contribution is 2.32. The number of rotatable bonds is 3. The molecule has 0 aromatic carbocycles. The molecule has 4 saturated heterocycles. The second-order valence-corrected chi connectivity index (χ2v) is 7.25. The fraction of sp³-hybridized carbons (Fsp3) is 0.938. The van der Waals surface area contributed by atoms with Gasteiger partial charge in [0.25, 0.3) is 0 Å². The lowest BCUT2D eigenvalue weighted by Crippen LogP contribution is -2.64. The van der Waals surface area contributed by atoms with Crippen LogP contribution in [0.4, 0.5) is 0 Å². The Bertz CT molecular complexity index is 388. The molecule has 0 saturated carbocycles. The number of guanidine groups is 1. The molecule has 4 fully saturated rings. The lowest BCUT2D eigenvalue weighted by atomic mass is 9.87. The van der Waals surface area contributed by atoms with Crippen molar-refractivity contribution >= 4 is 5.96 Å². The predicted molar refractivity (Wildman–Crippen MR) is 87.8 cm³/mol. The molecule has 4 heterocycles. The average molecular weight is 293 g/mol. The Morgan fingerprint density at radius 1 is 1.24 bits per heavy atom. The number of aliphatic imine (C=N–C) groups is 1. The normalized spacial score (nSPS) is 39.9. The molecule has 5 heteroatoms. The van der Waals surface area contributed by atoms with Gasteiger partial charge in [-0.2, -0.15) is 0 Å². The van der Waals surface area contributed by atoms with Gasteiger partial charge in [0.15, 0.2) is 5.96 Å². The number of likely N-dealkylation sites (tertiary alicyclic amines) is 1. The third-order valence-corrected chi connectivity index (χ3v) is 5.81. The van der Waals surface area contributed by atoms with Crippen LogP contribution in [0.5, 0.6) is 0 Å². The summed E-state index contributed by atoms with van der Waals surface area (Å²) in [6.45, 7) is 14.2. The molecule has 1 N–H and O–H groups in total. The molecule has 21 heavy (non-hydrogen) atoms. The fourth-order valence-corrected chi connectivity index (χ4v) is 3.95. The minimum absolute atomic E-state index is 0.469. The standard InChI is InChI=1S/C16H31N5/c1-4-16(2)5-6-21(13-16)15(17-3)18-11-14-12-19-7-9-20(14)10-8-19/h14H,4-13H2,1-3H3,(H,17,18). The zero-order chi connectivity index (χ0) is 14.9. The van der Waals surface area contributed by atoms with Crippen molar-refractivity contribution in [3.8, 4) is 0 Å². The van der Waals surface area contributed by atoms with Gasteiger partial charge in [-0.15, -0.1) is 0 Å². The summed E-state index contributed by atoms with van der Waals surface area (Å²) < 4.78 is 0. The second-order valence-electron chi connectivity index (χ2n) is 7.25. The maximum atomic E-state index is 4.52. The van der Waals surface area contributed by atoms with Crippen LogP contribution in [0.25, 0.3) is 0 Å². The average Bonchev–Trinajstić information content (AvgIpc) is 2.92. The number of nitrogens with one attached hydrogen (secondary N) is 1. The van der Waals surface area contributed by atoms with Gasteiger partial charge < -0.3 is 10.2 Å². The molecular formula is C16H31N5. The topological polar surface area (TPSA) is 34.1 Å². The summed E-state index contributed by atoms with van der Waals surface area (Å²) in [4.78, 5) is 12.2. The zero-order valence-corrected chi connectivity index (χ0v) is 13.9. The van der Waals surface area contributed by atoms with Crippen molar-refractivity contribution < 1.29 is 0 Å². The van der Waals surface area contributed by atoms with Crippen molar-refractivity contribution in [3.63, 3.8) is 0 Å². The van der Waals surface area contributed by atoms with Gasteiger partial charge in [-0.05, 0) is 18.3 Å². The molecule has 2 unspecified atom stereocenters. The molecule has 0 spiro atoms. The smallest absolute Gasteiger partial charge is 0.193 e. The van der Waals surface area contributed by atoms with E-state index in [0.29, 0.717) is 11.5 Å². The Labute approximate surface area is 129 Å². The number of nitrogens with zero attached hydrogens (tertiary/aromatic N) is 4. The fourth-order valence-electron chi connectivity index (χ4n) is 3.95. The number of fused-ring (bicyclic) bond motifs is 3. The van der Waals surface area contributed by atoms with Crippen LogP contribution in [0.2, 0.25) is 0 Å². The Kier molecular flexibility index (Phi) is 4.41. The first-order chi connectivity index (χ1) is 10.1. The van der Waals surface area contributed by atoms with E-state index in [4.69, 9.17) is 0 Å². The van der Waals surface area contributed by atoms with E-state index in [1.54, 1.807) is 0 Å². The van der Waals surface area contributed by atoms with Crippen molar-refractivity contribution in [2.45, 2.75) is 32.7 Å². The van der Waals surface area contributed by atoms with E-state index >= 15 is 0 Å². The molecule has 2 atom stereocenters. The van der Waals surface area contributed by atoms with Gasteiger partial charge in [-0.25, -0.2) is 0 Å². The van der Waals surface area contributed by atoms with Gasteiger partial charge in [0, 0.05) is 65.4 Å². The maximum absolute atomic E-state index is 4.52. The highest BCUT2D eigenvalue weighted by atomic mass is 15.4. The minimum atomic E-state index is 0.469. The molecule has 4 aliphatic rings. The monoisotopic (exact) mass is 293 g/mol. The van der Waals surface area contributed by atoms with Crippen LogP contribution in [0.3, 0.4) is 0 Å². The Hall–Kier alpha value is -0.810. The summed E-state index contributed by atoms with van der Waals surface area (Å²) in [5.41, 5.74) is 0.469. The number of hydrogen-bond acceptors (Lipinski definition) is 3. The van der Waals surface area contributed by atoms with E-state index in [-0.39, 0.29) is 0 Å². The second kappa shape index (κ2) is 6.13. The van der Waals surface area contributed by atoms with E-state index in [1.165, 1.54) is 45.6 Å². The lowest BCUT2D eigenvalue weighted by molar-refractivity contribution is 0.0152. The summed E-state index contributed by atoms with van der Waals surface area (Å²) in [6, 6.07) is 0.657. The molecule has 0 aromatic heterocycles. The highest BCUT2D eigenvalue weighted by molar-refractivity contribution is 5.80. The van der Waals surface area contributed by atoms with Gasteiger partial charge in [0.2, 0.25) is 0 Å². The van der Waals surface area contributed by atoms with Gasteiger partial charge in [-0.1, -0.05) is 13.8 Å². The molecule has 2 bridgehead atoms. The maximum Gasteiger partial charge on any atom is 0.193 e. The summed E-state index contributed by atoms with van der Waals surface area (Å²) in [5, 5.41) is 3.64. The van der Waals surface area contributed by atoms with Crippen LogP contribution in [0, 0.1) is 5.41 Å². The lowest BCUT2D eigenvalue weighted by Gasteiger charge is -2.47. The van der Waals surface area contributed by atoms with Crippen molar-refractivity contribution in [1.82, 2.24) is 20.0 Å². The van der Waals surface area contributed by atoms with E-state index in [9.17, 15) is 0 Å². The molecule has 5 nitrogen and oxygen atoms in total. The summed E-state index contributed by atoms with van der Waals surface area (Å²) in [7, 11) is 1.92. The first kappa shape index (κ1) is 15.1. The minimum Gasteiger partial charge on any atom is -0.355 e. The Balaban J connectivity index is 1.52. The van der Waals surface area contributed by atoms with E-state index in [1.807, 2.05) is 7.05 Å². The Morgan fingerprint density at radius 2 is 2.00 bits per heavy atom. The molecule has 0 aromatic rings. The quantitative estimate of drug-likeness (QED) is 0.613. The van der Waals surface area contributed by atoms with Crippen molar-refractivity contribution in [1.29, 1.82) is 0 Å². The molecule has 4 aliphatic heterocycles. The summed E-state index contributed by atoms with van der Waals surface area (Å²) >= 11 is 0. The van der Waals surface area contributed by atoms with Gasteiger partial charge in [0.1, 0.15) is 0 Å². The molecular weight excluding hydrogens is 262 g/mol. The van der Waals surface area contributed by atoms with E-state index < -0.39 is 0 Å². The van der Waals surface area contributed by atoms with Crippen LogP contribution < -0.4 is 5.32 Å². The van der Waals surface area contributed by atoms with E-state index in [2.05, 4.69) is 38.9 Å². The van der Waals surface area contributed by atoms with Crippen LogP contribution >= 0.6 is 0 Å². The molecule has 4 rings (SSSR count). The van der Waals surface area contributed by atoms with Crippen LogP contribution in [0.1, 0.15) is 26.7 Å². The molecule has 0 aliphatic carbocycles. The first-order valence-corrected chi connectivity index (χ1v) is 8.55. The number of hydrogen-bond donors (Lipinski definition) is 1. The van der Waals surface area contributed by atoms with Crippen LogP contribution in [-0.4, -0.2) is 86.1 Å². The third-order valence-electron chi connectivity index (χ3n) is 5.81. The van der Waals surface area contributed by atoms with Crippen molar-refractivity contribution in [3.05, 3.63) is 0 Å². The molecule has 120 valence electrons. The van der Waals surface area contributed by atoms with Crippen molar-refractivity contribution in [2.75, 3.05) is 59.4 Å². The van der Waals surface area contributed by atoms with Gasteiger partial charge in [0.05, 0.1) is 0 Å². The predicted octanol–water partition coefficient (Wildman–Crippen LogP) is 0.684. The van der Waals surface area contributed by atoms with Crippen LogP contribution in [-0.2, 0) is 0 Å². The molecule has 0 amide bonds. The summed E-state index contributed by atoms with van der Waals surface area (Å²) in [6.07, 6.45) is 2.54. The van der Waals surface area contributed by atoms with Crippen molar-refractivity contribution in [2.24, 2.45) is 10.4 Å². The third kappa shape index (κ3) is 3.19. The zero-order valence-electron chi connectivity index (χ0n) is 13.9. The molecule has 0 radical (unpaired) electrons. The Morgan fingerprint density at radius 3 is 2.52 bits per heavy atom. The first-order valence-electron chi connectivity index (χ1n) is 8.55. The largest absolute Gasteiger partial charge is 0.355 e. The highest BCUT2D eigenvalue weighted by Gasteiger charge is 2.35. The number of piperazine rings is 3. The van der Waals surface area contributed by atoms with Crippen LogP contribution in [0.15, 0.2) is 4.99 Å².